The van der Waals surface area contributed by atoms with Crippen molar-refractivity contribution < 1.29 is 18.7 Å². The van der Waals surface area contributed by atoms with Gasteiger partial charge < -0.3 is 10.1 Å². The molecular formula is C20H22FNO3. The zero-order valence-electron chi connectivity index (χ0n) is 14.6. The molecule has 132 valence electrons. The van der Waals surface area contributed by atoms with Crippen molar-refractivity contribution in [1.29, 1.82) is 0 Å². The highest BCUT2D eigenvalue weighted by Crippen LogP contribution is 2.16. The Bertz CT molecular complexity index is 726. The van der Waals surface area contributed by atoms with Gasteiger partial charge in [-0.3, -0.25) is 9.59 Å². The molecule has 2 atom stereocenters. The van der Waals surface area contributed by atoms with Crippen LogP contribution >= 0.6 is 0 Å². The van der Waals surface area contributed by atoms with Crippen molar-refractivity contribution in [3.8, 4) is 5.75 Å². The summed E-state index contributed by atoms with van der Waals surface area (Å²) in [5.41, 5.74) is 1.43. The van der Waals surface area contributed by atoms with Gasteiger partial charge in [0, 0.05) is 12.0 Å². The summed E-state index contributed by atoms with van der Waals surface area (Å²) >= 11 is 0. The van der Waals surface area contributed by atoms with Crippen LogP contribution in [0.4, 0.5) is 4.39 Å². The maximum atomic E-state index is 13.0. The van der Waals surface area contributed by atoms with Gasteiger partial charge in [0.15, 0.2) is 11.9 Å². The summed E-state index contributed by atoms with van der Waals surface area (Å²) in [6.45, 7) is 5.28. The zero-order chi connectivity index (χ0) is 18.4. The van der Waals surface area contributed by atoms with Crippen LogP contribution in [0.2, 0.25) is 0 Å². The number of carbonyl (C=O) groups excluding carboxylic acids is 2. The van der Waals surface area contributed by atoms with Crippen molar-refractivity contribution >= 4 is 11.7 Å². The number of amides is 1. The monoisotopic (exact) mass is 343 g/mol. The summed E-state index contributed by atoms with van der Waals surface area (Å²) in [6.07, 6.45) is -0.254. The van der Waals surface area contributed by atoms with E-state index in [9.17, 15) is 14.0 Å². The van der Waals surface area contributed by atoms with Crippen molar-refractivity contribution in [3.63, 3.8) is 0 Å². The number of halogens is 1. The van der Waals surface area contributed by atoms with E-state index in [1.54, 1.807) is 50.2 Å². The molecule has 0 aliphatic heterocycles. The van der Waals surface area contributed by atoms with Crippen molar-refractivity contribution in [2.45, 2.75) is 39.3 Å². The van der Waals surface area contributed by atoms with Crippen LogP contribution in [0, 0.1) is 5.82 Å². The number of ether oxygens (including phenoxy) is 1. The summed E-state index contributed by atoms with van der Waals surface area (Å²) in [5, 5.41) is 2.83. The van der Waals surface area contributed by atoms with Gasteiger partial charge in [-0.1, -0.05) is 19.1 Å². The highest BCUT2D eigenvalue weighted by molar-refractivity contribution is 5.95. The second-order valence-electron chi connectivity index (χ2n) is 5.84. The molecule has 4 nitrogen and oxygen atoms in total. The van der Waals surface area contributed by atoms with E-state index in [2.05, 4.69) is 5.32 Å². The van der Waals surface area contributed by atoms with E-state index in [1.165, 1.54) is 12.1 Å². The fourth-order valence-electron chi connectivity index (χ4n) is 2.35. The molecule has 2 aromatic carbocycles. The predicted octanol–water partition coefficient (Wildman–Crippen LogP) is 4.06. The van der Waals surface area contributed by atoms with E-state index in [0.717, 1.165) is 5.56 Å². The van der Waals surface area contributed by atoms with Crippen LogP contribution in [0.15, 0.2) is 48.5 Å². The number of nitrogens with one attached hydrogen (secondary N) is 1. The van der Waals surface area contributed by atoms with Gasteiger partial charge in [0.1, 0.15) is 11.6 Å². The van der Waals surface area contributed by atoms with E-state index < -0.39 is 6.10 Å². The number of hydrogen-bond donors (Lipinski definition) is 1. The average molecular weight is 343 g/mol. The summed E-state index contributed by atoms with van der Waals surface area (Å²) in [7, 11) is 0. The number of benzene rings is 2. The molecule has 2 rings (SSSR count). The molecule has 1 amide bonds. The Morgan fingerprint density at radius 2 is 1.64 bits per heavy atom. The number of hydrogen-bond acceptors (Lipinski definition) is 3. The van der Waals surface area contributed by atoms with Gasteiger partial charge in [-0.25, -0.2) is 4.39 Å². The molecule has 0 saturated heterocycles. The molecule has 0 heterocycles. The molecule has 0 aliphatic rings. The van der Waals surface area contributed by atoms with E-state index in [0.29, 0.717) is 17.7 Å². The Hall–Kier alpha value is -2.69. The van der Waals surface area contributed by atoms with Crippen molar-refractivity contribution in [2.75, 3.05) is 0 Å². The molecule has 5 heteroatoms. The lowest BCUT2D eigenvalue weighted by Crippen LogP contribution is -2.37. The quantitative estimate of drug-likeness (QED) is 0.771. The van der Waals surface area contributed by atoms with Gasteiger partial charge in [-0.05, 0) is 55.8 Å². The SMILES string of the molecule is CCC(=O)c1ccc(O[C@@H](C)C(=O)N[C@@H](C)c2ccc(F)cc2)cc1. The lowest BCUT2D eigenvalue weighted by atomic mass is 10.1. The first-order valence-corrected chi connectivity index (χ1v) is 8.26. The minimum absolute atomic E-state index is 0.0606. The molecule has 1 N–H and O–H groups in total. The van der Waals surface area contributed by atoms with Gasteiger partial charge in [-0.2, -0.15) is 0 Å². The fraction of sp³-hybridized carbons (Fsp3) is 0.300. The van der Waals surface area contributed by atoms with Gasteiger partial charge in [0.25, 0.3) is 5.91 Å². The summed E-state index contributed by atoms with van der Waals surface area (Å²) in [6, 6.07) is 12.5. The number of Topliss-reactive ketones (excluding diaryl/α,β-unsaturated/α-hetero) is 1. The second-order valence-corrected chi connectivity index (χ2v) is 5.84. The van der Waals surface area contributed by atoms with Crippen LogP contribution in [-0.2, 0) is 4.79 Å². The van der Waals surface area contributed by atoms with Crippen LogP contribution in [0.1, 0.15) is 49.2 Å². The van der Waals surface area contributed by atoms with E-state index >= 15 is 0 Å². The lowest BCUT2D eigenvalue weighted by molar-refractivity contribution is -0.127. The molecule has 0 radical (unpaired) electrons. The van der Waals surface area contributed by atoms with Crippen molar-refractivity contribution in [1.82, 2.24) is 5.32 Å². The Kier molecular flexibility index (Phi) is 6.28. The molecule has 0 bridgehead atoms. The van der Waals surface area contributed by atoms with Crippen LogP contribution < -0.4 is 10.1 Å². The molecule has 0 spiro atoms. The Balaban J connectivity index is 1.93. The molecule has 0 fully saturated rings. The van der Waals surface area contributed by atoms with Gasteiger partial charge >= 0.3 is 0 Å². The molecule has 0 saturated carbocycles. The zero-order valence-corrected chi connectivity index (χ0v) is 14.6. The fourth-order valence-corrected chi connectivity index (χ4v) is 2.35. The minimum atomic E-state index is -0.698. The topological polar surface area (TPSA) is 55.4 Å². The maximum Gasteiger partial charge on any atom is 0.261 e. The summed E-state index contributed by atoms with van der Waals surface area (Å²) in [4.78, 5) is 23.9. The second kappa shape index (κ2) is 8.42. The first kappa shape index (κ1) is 18.6. The first-order valence-electron chi connectivity index (χ1n) is 8.26. The molecular weight excluding hydrogens is 321 g/mol. The van der Waals surface area contributed by atoms with E-state index in [-0.39, 0.29) is 23.5 Å². The predicted molar refractivity (Wildman–Crippen MR) is 94.1 cm³/mol. The molecule has 25 heavy (non-hydrogen) atoms. The third-order valence-corrected chi connectivity index (χ3v) is 3.91. The van der Waals surface area contributed by atoms with E-state index in [1.807, 2.05) is 6.92 Å². The third-order valence-electron chi connectivity index (χ3n) is 3.91. The van der Waals surface area contributed by atoms with E-state index in [4.69, 9.17) is 4.74 Å². The molecule has 0 aromatic heterocycles. The summed E-state index contributed by atoms with van der Waals surface area (Å²) < 4.78 is 18.6. The number of carbonyl (C=O) groups is 2. The largest absolute Gasteiger partial charge is 0.481 e. The Morgan fingerprint density at radius 3 is 2.20 bits per heavy atom. The highest BCUT2D eigenvalue weighted by Gasteiger charge is 2.18. The normalized spacial score (nSPS) is 13.0. The van der Waals surface area contributed by atoms with Crippen LogP contribution in [0.5, 0.6) is 5.75 Å². The van der Waals surface area contributed by atoms with Gasteiger partial charge in [0.2, 0.25) is 0 Å². The van der Waals surface area contributed by atoms with Crippen molar-refractivity contribution in [3.05, 3.63) is 65.5 Å². The van der Waals surface area contributed by atoms with Crippen LogP contribution in [-0.4, -0.2) is 17.8 Å². The molecule has 0 unspecified atom stereocenters. The smallest absolute Gasteiger partial charge is 0.261 e. The molecule has 2 aromatic rings. The van der Waals surface area contributed by atoms with Crippen molar-refractivity contribution in [2.24, 2.45) is 0 Å². The Labute approximate surface area is 147 Å². The maximum absolute atomic E-state index is 13.0. The van der Waals surface area contributed by atoms with Crippen LogP contribution in [0.25, 0.3) is 0 Å². The van der Waals surface area contributed by atoms with Gasteiger partial charge in [-0.15, -0.1) is 0 Å². The first-order chi connectivity index (χ1) is 11.9. The standard InChI is InChI=1S/C20H22FNO3/c1-4-19(23)16-7-11-18(12-8-16)25-14(3)20(24)22-13(2)15-5-9-17(21)10-6-15/h5-14H,4H2,1-3H3,(H,22,24)/t13-,14-/m0/s1. The Morgan fingerprint density at radius 1 is 1.04 bits per heavy atom. The average Bonchev–Trinajstić information content (AvgIpc) is 2.62. The number of ketones is 1. The minimum Gasteiger partial charge on any atom is -0.481 e. The summed E-state index contributed by atoms with van der Waals surface area (Å²) in [5.74, 6) is -0.00952. The molecule has 0 aliphatic carbocycles. The third kappa shape index (κ3) is 5.14. The van der Waals surface area contributed by atoms with Gasteiger partial charge in [0.05, 0.1) is 6.04 Å². The van der Waals surface area contributed by atoms with Crippen LogP contribution in [0.3, 0.4) is 0 Å². The lowest BCUT2D eigenvalue weighted by Gasteiger charge is -2.19. The number of rotatable bonds is 7. The highest BCUT2D eigenvalue weighted by atomic mass is 19.1.